The molecule has 1 atom stereocenters. The summed E-state index contributed by atoms with van der Waals surface area (Å²) in [6.45, 7) is 3.96. The van der Waals surface area contributed by atoms with Crippen molar-refractivity contribution in [2.24, 2.45) is 5.92 Å². The number of nitrogens with one attached hydrogen (secondary N) is 2. The van der Waals surface area contributed by atoms with Gasteiger partial charge in [0.05, 0.1) is 12.8 Å². The maximum Gasteiger partial charge on any atom is 0.413 e. The molecule has 2 rings (SSSR count). The fourth-order valence-corrected chi connectivity index (χ4v) is 1.98. The van der Waals surface area contributed by atoms with Gasteiger partial charge in [-0.1, -0.05) is 32.0 Å². The number of carbonyl (C=O) groups excluding carboxylic acids is 2. The van der Waals surface area contributed by atoms with Gasteiger partial charge in [0.1, 0.15) is 17.6 Å². The summed E-state index contributed by atoms with van der Waals surface area (Å²) in [5, 5.41) is 5.32. The van der Waals surface area contributed by atoms with E-state index in [9.17, 15) is 9.59 Å². The van der Waals surface area contributed by atoms with E-state index in [1.807, 2.05) is 19.9 Å². The zero-order chi connectivity index (χ0) is 16.7. The van der Waals surface area contributed by atoms with Gasteiger partial charge in [-0.25, -0.2) is 4.79 Å². The lowest BCUT2D eigenvalue weighted by Crippen LogP contribution is -2.50. The van der Waals surface area contributed by atoms with Crippen molar-refractivity contribution in [2.45, 2.75) is 26.4 Å². The number of benzene rings is 1. The first-order valence-corrected chi connectivity index (χ1v) is 7.39. The van der Waals surface area contributed by atoms with E-state index in [2.05, 4.69) is 10.6 Å². The summed E-state index contributed by atoms with van der Waals surface area (Å²) in [6, 6.07) is 11.5. The molecular weight excluding hydrogens is 296 g/mol. The highest BCUT2D eigenvalue weighted by atomic mass is 16.6. The lowest BCUT2D eigenvalue weighted by Gasteiger charge is -2.21. The molecule has 0 aliphatic rings. The minimum absolute atomic E-state index is 0.0880. The Balaban J connectivity index is 1.89. The number of hydrogen-bond acceptors (Lipinski definition) is 4. The predicted octanol–water partition coefficient (Wildman–Crippen LogP) is 2.71. The molecule has 0 spiro atoms. The van der Waals surface area contributed by atoms with Crippen LogP contribution in [0, 0.1) is 5.92 Å². The first-order chi connectivity index (χ1) is 11.1. The van der Waals surface area contributed by atoms with Crippen LogP contribution in [-0.4, -0.2) is 18.0 Å². The van der Waals surface area contributed by atoms with E-state index in [0.717, 1.165) is 0 Å². The molecule has 1 heterocycles. The molecule has 0 bridgehead atoms. The molecule has 0 fully saturated rings. The second-order valence-electron chi connectivity index (χ2n) is 5.37. The predicted molar refractivity (Wildman–Crippen MR) is 84.8 cm³/mol. The first-order valence-electron chi connectivity index (χ1n) is 7.39. The lowest BCUT2D eigenvalue weighted by molar-refractivity contribution is -0.124. The van der Waals surface area contributed by atoms with Gasteiger partial charge in [-0.3, -0.25) is 4.79 Å². The average Bonchev–Trinajstić information content (AvgIpc) is 3.04. The van der Waals surface area contributed by atoms with Gasteiger partial charge in [0.25, 0.3) is 0 Å². The van der Waals surface area contributed by atoms with E-state index in [4.69, 9.17) is 9.15 Å². The zero-order valence-electron chi connectivity index (χ0n) is 13.1. The molecule has 122 valence electrons. The third-order valence-electron chi connectivity index (χ3n) is 3.19. The molecule has 1 aromatic carbocycles. The summed E-state index contributed by atoms with van der Waals surface area (Å²) in [5.41, 5.74) is 0. The Hall–Kier alpha value is -2.76. The fraction of sp³-hybridized carbons (Fsp3) is 0.294. The van der Waals surface area contributed by atoms with Crippen LogP contribution in [0.1, 0.15) is 19.6 Å². The van der Waals surface area contributed by atoms with Crippen LogP contribution in [0.15, 0.2) is 53.1 Å². The SMILES string of the molecule is CC(C)[C@@H](NC(=O)Oc1ccccc1)C(=O)NCc1ccco1. The maximum atomic E-state index is 12.2. The molecule has 23 heavy (non-hydrogen) atoms. The maximum absolute atomic E-state index is 12.2. The van der Waals surface area contributed by atoms with Crippen molar-refractivity contribution >= 4 is 12.0 Å². The van der Waals surface area contributed by atoms with Gasteiger partial charge >= 0.3 is 6.09 Å². The standard InChI is InChI=1S/C17H20N2O4/c1-12(2)15(16(20)18-11-14-9-6-10-22-14)19-17(21)23-13-7-4-3-5-8-13/h3-10,12,15H,11H2,1-2H3,(H,18,20)(H,19,21)/t15-/m1/s1. The molecule has 1 aromatic heterocycles. The Labute approximate surface area is 134 Å². The minimum Gasteiger partial charge on any atom is -0.467 e. The Kier molecular flexibility index (Phi) is 5.80. The van der Waals surface area contributed by atoms with Gasteiger partial charge in [0.2, 0.25) is 5.91 Å². The van der Waals surface area contributed by atoms with Gasteiger partial charge in [-0.15, -0.1) is 0 Å². The summed E-state index contributed by atoms with van der Waals surface area (Å²) in [6.07, 6.45) is 0.875. The van der Waals surface area contributed by atoms with Crippen molar-refractivity contribution in [3.63, 3.8) is 0 Å². The molecule has 2 amide bonds. The van der Waals surface area contributed by atoms with E-state index in [1.54, 1.807) is 36.4 Å². The molecular formula is C17H20N2O4. The van der Waals surface area contributed by atoms with Crippen LogP contribution in [0.3, 0.4) is 0 Å². The highest BCUT2D eigenvalue weighted by Crippen LogP contribution is 2.09. The van der Waals surface area contributed by atoms with Crippen LogP contribution in [0.2, 0.25) is 0 Å². The molecule has 0 saturated carbocycles. The number of para-hydroxylation sites is 1. The van der Waals surface area contributed by atoms with Crippen molar-refractivity contribution in [2.75, 3.05) is 0 Å². The summed E-state index contributed by atoms with van der Waals surface area (Å²) in [4.78, 5) is 24.2. The van der Waals surface area contributed by atoms with Crippen LogP contribution in [0.25, 0.3) is 0 Å². The van der Waals surface area contributed by atoms with E-state index in [0.29, 0.717) is 11.5 Å². The van der Waals surface area contributed by atoms with Gasteiger partial charge in [0, 0.05) is 0 Å². The zero-order valence-corrected chi connectivity index (χ0v) is 13.1. The Morgan fingerprint density at radius 1 is 1.13 bits per heavy atom. The largest absolute Gasteiger partial charge is 0.467 e. The Morgan fingerprint density at radius 2 is 1.87 bits per heavy atom. The smallest absolute Gasteiger partial charge is 0.413 e. The molecule has 6 nitrogen and oxygen atoms in total. The van der Waals surface area contributed by atoms with Crippen molar-refractivity contribution < 1.29 is 18.7 Å². The van der Waals surface area contributed by atoms with Crippen LogP contribution >= 0.6 is 0 Å². The number of hydrogen-bond donors (Lipinski definition) is 2. The van der Waals surface area contributed by atoms with Crippen molar-refractivity contribution in [1.82, 2.24) is 10.6 Å². The highest BCUT2D eigenvalue weighted by molar-refractivity contribution is 5.86. The monoisotopic (exact) mass is 316 g/mol. The van der Waals surface area contributed by atoms with E-state index < -0.39 is 12.1 Å². The second kappa shape index (κ2) is 8.03. The minimum atomic E-state index is -0.693. The molecule has 0 radical (unpaired) electrons. The van der Waals surface area contributed by atoms with Crippen LogP contribution in [-0.2, 0) is 11.3 Å². The van der Waals surface area contributed by atoms with Crippen LogP contribution < -0.4 is 15.4 Å². The van der Waals surface area contributed by atoms with Crippen molar-refractivity contribution in [1.29, 1.82) is 0 Å². The second-order valence-corrected chi connectivity index (χ2v) is 5.37. The lowest BCUT2D eigenvalue weighted by atomic mass is 10.0. The number of rotatable bonds is 6. The van der Waals surface area contributed by atoms with Gasteiger partial charge in [-0.05, 0) is 30.2 Å². The van der Waals surface area contributed by atoms with Crippen LogP contribution in [0.4, 0.5) is 4.79 Å². The van der Waals surface area contributed by atoms with Crippen molar-refractivity contribution in [3.8, 4) is 5.75 Å². The van der Waals surface area contributed by atoms with Gasteiger partial charge in [-0.2, -0.15) is 0 Å². The van der Waals surface area contributed by atoms with Gasteiger partial charge < -0.3 is 19.8 Å². The van der Waals surface area contributed by atoms with Crippen LogP contribution in [0.5, 0.6) is 5.75 Å². The molecule has 0 saturated heterocycles. The number of furan rings is 1. The molecule has 0 unspecified atom stereocenters. The molecule has 0 aliphatic carbocycles. The van der Waals surface area contributed by atoms with E-state index >= 15 is 0 Å². The van der Waals surface area contributed by atoms with E-state index in [-0.39, 0.29) is 18.4 Å². The third kappa shape index (κ3) is 5.18. The Bertz CT molecular complexity index is 623. The third-order valence-corrected chi connectivity index (χ3v) is 3.19. The number of ether oxygens (including phenoxy) is 1. The molecule has 2 N–H and O–H groups in total. The number of carbonyl (C=O) groups is 2. The molecule has 6 heteroatoms. The highest BCUT2D eigenvalue weighted by Gasteiger charge is 2.25. The summed E-state index contributed by atoms with van der Waals surface area (Å²) in [7, 11) is 0. The summed E-state index contributed by atoms with van der Waals surface area (Å²) in [5.74, 6) is 0.688. The number of amides is 2. The van der Waals surface area contributed by atoms with Crippen molar-refractivity contribution in [3.05, 3.63) is 54.5 Å². The fourth-order valence-electron chi connectivity index (χ4n) is 1.98. The normalized spacial score (nSPS) is 11.8. The quantitative estimate of drug-likeness (QED) is 0.858. The topological polar surface area (TPSA) is 80.6 Å². The molecule has 2 aromatic rings. The van der Waals surface area contributed by atoms with Gasteiger partial charge in [0.15, 0.2) is 0 Å². The van der Waals surface area contributed by atoms with E-state index in [1.165, 1.54) is 6.26 Å². The summed E-state index contributed by atoms with van der Waals surface area (Å²) >= 11 is 0. The summed E-state index contributed by atoms with van der Waals surface area (Å²) < 4.78 is 10.3. The average molecular weight is 316 g/mol. The molecule has 0 aliphatic heterocycles. The Morgan fingerprint density at radius 3 is 2.48 bits per heavy atom. The first kappa shape index (κ1) is 16.6.